The normalized spacial score (nSPS) is 13.0. The lowest BCUT2D eigenvalue weighted by molar-refractivity contribution is 0.174. The molecule has 21 heavy (non-hydrogen) atoms. The molecule has 3 heterocycles. The van der Waals surface area contributed by atoms with Crippen molar-refractivity contribution in [2.75, 3.05) is 6.79 Å². The number of pyridine rings is 1. The van der Waals surface area contributed by atoms with Crippen molar-refractivity contribution in [2.45, 2.75) is 10.9 Å². The van der Waals surface area contributed by atoms with Crippen molar-refractivity contribution in [1.29, 1.82) is 0 Å². The molecule has 0 unspecified atom stereocenters. The monoisotopic (exact) mass is 363 g/mol. The molecule has 1 aromatic carbocycles. The Labute approximate surface area is 133 Å². The number of thioether (sulfide) groups is 1. The molecule has 0 amide bonds. The molecule has 0 radical (unpaired) electrons. The summed E-state index contributed by atoms with van der Waals surface area (Å²) < 4.78 is 11.8. The number of fused-ring (bicyclic) bond motifs is 2. The zero-order valence-corrected chi connectivity index (χ0v) is 13.2. The van der Waals surface area contributed by atoms with Crippen LogP contribution in [0.25, 0.3) is 11.2 Å². The van der Waals surface area contributed by atoms with E-state index in [9.17, 15) is 0 Å². The van der Waals surface area contributed by atoms with Crippen molar-refractivity contribution in [3.8, 4) is 11.5 Å². The Morgan fingerprint density at radius 3 is 3.00 bits per heavy atom. The smallest absolute Gasteiger partial charge is 0.231 e. The maximum atomic E-state index is 5.41. The van der Waals surface area contributed by atoms with E-state index in [0.29, 0.717) is 0 Å². The van der Waals surface area contributed by atoms with Gasteiger partial charge in [-0.1, -0.05) is 27.7 Å². The van der Waals surface area contributed by atoms with Gasteiger partial charge in [-0.05, 0) is 29.8 Å². The van der Waals surface area contributed by atoms with Gasteiger partial charge in [0.2, 0.25) is 6.79 Å². The van der Waals surface area contributed by atoms with E-state index in [4.69, 9.17) is 9.47 Å². The fourth-order valence-corrected chi connectivity index (χ4v) is 3.62. The van der Waals surface area contributed by atoms with Gasteiger partial charge in [0.1, 0.15) is 5.52 Å². The minimum Gasteiger partial charge on any atom is -0.454 e. The molecule has 1 aliphatic heterocycles. The second-order valence-electron chi connectivity index (χ2n) is 4.50. The largest absolute Gasteiger partial charge is 0.454 e. The lowest BCUT2D eigenvalue weighted by atomic mass is 10.2. The molecule has 7 heteroatoms. The quantitative estimate of drug-likeness (QED) is 0.718. The van der Waals surface area contributed by atoms with Crippen molar-refractivity contribution in [2.24, 2.45) is 0 Å². The molecule has 106 valence electrons. The Balaban J connectivity index is 1.56. The van der Waals surface area contributed by atoms with Crippen LogP contribution in [0, 0.1) is 0 Å². The van der Waals surface area contributed by atoms with E-state index in [2.05, 4.69) is 30.9 Å². The minimum absolute atomic E-state index is 0.285. The van der Waals surface area contributed by atoms with Crippen LogP contribution in [0.5, 0.6) is 11.5 Å². The first-order valence-electron chi connectivity index (χ1n) is 6.31. The van der Waals surface area contributed by atoms with Gasteiger partial charge in [-0.15, -0.1) is 0 Å². The van der Waals surface area contributed by atoms with E-state index < -0.39 is 0 Å². The number of hydrogen-bond acceptors (Lipinski definition) is 5. The molecule has 0 aliphatic carbocycles. The summed E-state index contributed by atoms with van der Waals surface area (Å²) >= 11 is 5.19. The summed E-state index contributed by atoms with van der Waals surface area (Å²) in [6.45, 7) is 0.285. The molecule has 0 bridgehead atoms. The van der Waals surface area contributed by atoms with Crippen LogP contribution in [0.2, 0.25) is 0 Å². The third-order valence-corrected chi connectivity index (χ3v) is 4.80. The van der Waals surface area contributed by atoms with Crippen molar-refractivity contribution < 1.29 is 9.47 Å². The van der Waals surface area contributed by atoms with Crippen molar-refractivity contribution in [1.82, 2.24) is 15.0 Å². The highest BCUT2D eigenvalue weighted by Gasteiger charge is 2.16. The lowest BCUT2D eigenvalue weighted by Crippen LogP contribution is -1.92. The highest BCUT2D eigenvalue weighted by molar-refractivity contribution is 9.10. The minimum atomic E-state index is 0.285. The molecular formula is C14H10BrN3O2S. The number of halogens is 1. The number of ether oxygens (including phenoxy) is 2. The van der Waals surface area contributed by atoms with Gasteiger partial charge >= 0.3 is 0 Å². The van der Waals surface area contributed by atoms with Crippen LogP contribution in [0.4, 0.5) is 0 Å². The Morgan fingerprint density at radius 2 is 2.14 bits per heavy atom. The molecule has 0 saturated heterocycles. The van der Waals surface area contributed by atoms with Crippen molar-refractivity contribution in [3.63, 3.8) is 0 Å². The SMILES string of the molecule is Brc1cc2c(cc1CSc1nc3cccnc3[nH]1)OCO2. The van der Waals surface area contributed by atoms with Gasteiger partial charge in [-0.25, -0.2) is 9.97 Å². The third kappa shape index (κ3) is 2.47. The highest BCUT2D eigenvalue weighted by atomic mass is 79.9. The number of benzene rings is 1. The average molecular weight is 364 g/mol. The van der Waals surface area contributed by atoms with Gasteiger partial charge in [0.05, 0.1) is 0 Å². The van der Waals surface area contributed by atoms with Crippen LogP contribution in [0.15, 0.2) is 40.1 Å². The van der Waals surface area contributed by atoms with Crippen LogP contribution < -0.4 is 9.47 Å². The van der Waals surface area contributed by atoms with E-state index in [1.165, 1.54) is 0 Å². The standard InChI is InChI=1S/C14H10BrN3O2S/c15-9-5-12-11(19-7-20-12)4-8(9)6-21-14-17-10-2-1-3-16-13(10)18-14/h1-5H,6-7H2,(H,16,17,18). The van der Waals surface area contributed by atoms with Gasteiger partial charge in [0.25, 0.3) is 0 Å². The number of rotatable bonds is 3. The fourth-order valence-electron chi connectivity index (χ4n) is 2.11. The van der Waals surface area contributed by atoms with Crippen molar-refractivity contribution in [3.05, 3.63) is 40.5 Å². The predicted octanol–water partition coefficient (Wildman–Crippen LogP) is 3.74. The van der Waals surface area contributed by atoms with Gasteiger partial charge in [0, 0.05) is 16.4 Å². The molecule has 3 aromatic rings. The van der Waals surface area contributed by atoms with Gasteiger partial charge in [0.15, 0.2) is 22.3 Å². The zero-order valence-electron chi connectivity index (χ0n) is 10.8. The number of imidazole rings is 1. The molecule has 4 rings (SSSR count). The third-order valence-electron chi connectivity index (χ3n) is 3.14. The van der Waals surface area contributed by atoms with E-state index in [1.807, 2.05) is 24.3 Å². The number of aromatic nitrogens is 3. The Kier molecular flexibility index (Phi) is 3.23. The first kappa shape index (κ1) is 13.0. The average Bonchev–Trinajstić information content (AvgIpc) is 3.09. The summed E-state index contributed by atoms with van der Waals surface area (Å²) in [4.78, 5) is 12.0. The molecule has 0 spiro atoms. The molecule has 1 N–H and O–H groups in total. The highest BCUT2D eigenvalue weighted by Crippen LogP contribution is 2.38. The first-order valence-corrected chi connectivity index (χ1v) is 8.09. The van der Waals surface area contributed by atoms with Gasteiger partial charge in [-0.3, -0.25) is 0 Å². The maximum absolute atomic E-state index is 5.41. The molecular weight excluding hydrogens is 354 g/mol. The van der Waals surface area contributed by atoms with Crippen molar-refractivity contribution >= 4 is 38.9 Å². The van der Waals surface area contributed by atoms with Crippen LogP contribution >= 0.6 is 27.7 Å². The summed E-state index contributed by atoms with van der Waals surface area (Å²) in [6, 6.07) is 7.77. The van der Waals surface area contributed by atoms with Crippen LogP contribution in [-0.2, 0) is 5.75 Å². The molecule has 0 saturated carbocycles. The molecule has 0 fully saturated rings. The van der Waals surface area contributed by atoms with Gasteiger partial charge in [-0.2, -0.15) is 0 Å². The summed E-state index contributed by atoms with van der Waals surface area (Å²) in [5.41, 5.74) is 2.83. The Bertz CT molecular complexity index is 788. The van der Waals surface area contributed by atoms with E-state index in [0.717, 1.165) is 43.6 Å². The number of nitrogens with zero attached hydrogens (tertiary/aromatic N) is 2. The summed E-state index contributed by atoms with van der Waals surface area (Å²) in [7, 11) is 0. The molecule has 2 aromatic heterocycles. The topological polar surface area (TPSA) is 60.0 Å². The van der Waals surface area contributed by atoms with E-state index in [1.54, 1.807) is 18.0 Å². The number of hydrogen-bond donors (Lipinski definition) is 1. The molecule has 5 nitrogen and oxygen atoms in total. The molecule has 0 atom stereocenters. The lowest BCUT2D eigenvalue weighted by Gasteiger charge is -2.05. The van der Waals surface area contributed by atoms with E-state index in [-0.39, 0.29) is 6.79 Å². The number of H-pyrrole nitrogens is 1. The second-order valence-corrected chi connectivity index (χ2v) is 6.32. The predicted molar refractivity (Wildman–Crippen MR) is 83.7 cm³/mol. The Hall–Kier alpha value is -1.73. The number of aromatic amines is 1. The first-order chi connectivity index (χ1) is 10.3. The second kappa shape index (κ2) is 5.23. The summed E-state index contributed by atoms with van der Waals surface area (Å²) in [6.07, 6.45) is 1.75. The number of nitrogens with one attached hydrogen (secondary N) is 1. The Morgan fingerprint density at radius 1 is 1.29 bits per heavy atom. The van der Waals surface area contributed by atoms with Gasteiger partial charge < -0.3 is 14.5 Å². The molecule has 1 aliphatic rings. The zero-order chi connectivity index (χ0) is 14.2. The summed E-state index contributed by atoms with van der Waals surface area (Å²) in [5.74, 6) is 2.35. The summed E-state index contributed by atoms with van der Waals surface area (Å²) in [5, 5.41) is 0.855. The van der Waals surface area contributed by atoms with Crippen LogP contribution in [-0.4, -0.2) is 21.7 Å². The van der Waals surface area contributed by atoms with E-state index >= 15 is 0 Å². The van der Waals surface area contributed by atoms with Crippen LogP contribution in [0.1, 0.15) is 5.56 Å². The fraction of sp³-hybridized carbons (Fsp3) is 0.143. The van der Waals surface area contributed by atoms with Crippen LogP contribution in [0.3, 0.4) is 0 Å². The maximum Gasteiger partial charge on any atom is 0.231 e.